The SMILES string of the molecule is CCC[C@@H](N)C(=O)NCCNC(N)=O. The summed E-state index contributed by atoms with van der Waals surface area (Å²) in [5.41, 5.74) is 10.4. The van der Waals surface area contributed by atoms with E-state index in [9.17, 15) is 9.59 Å². The smallest absolute Gasteiger partial charge is 0.312 e. The Labute approximate surface area is 83.4 Å². The minimum Gasteiger partial charge on any atom is -0.353 e. The summed E-state index contributed by atoms with van der Waals surface area (Å²) in [4.78, 5) is 21.5. The maximum atomic E-state index is 11.2. The molecule has 6 nitrogen and oxygen atoms in total. The molecule has 82 valence electrons. The third-order valence-electron chi connectivity index (χ3n) is 1.66. The molecule has 3 amide bonds. The molecule has 0 spiro atoms. The van der Waals surface area contributed by atoms with Gasteiger partial charge in [0.15, 0.2) is 0 Å². The van der Waals surface area contributed by atoms with E-state index in [0.29, 0.717) is 19.5 Å². The van der Waals surface area contributed by atoms with E-state index in [0.717, 1.165) is 6.42 Å². The van der Waals surface area contributed by atoms with E-state index in [1.165, 1.54) is 0 Å². The number of hydrogen-bond acceptors (Lipinski definition) is 3. The molecule has 0 saturated carbocycles. The molecule has 0 aliphatic carbocycles. The highest BCUT2D eigenvalue weighted by Crippen LogP contribution is 1.91. The van der Waals surface area contributed by atoms with Crippen LogP contribution in [0, 0.1) is 0 Å². The number of carbonyl (C=O) groups excluding carboxylic acids is 2. The lowest BCUT2D eigenvalue weighted by Crippen LogP contribution is -2.44. The van der Waals surface area contributed by atoms with Gasteiger partial charge in [-0.2, -0.15) is 0 Å². The van der Waals surface area contributed by atoms with Gasteiger partial charge < -0.3 is 22.1 Å². The van der Waals surface area contributed by atoms with Gasteiger partial charge in [0.2, 0.25) is 5.91 Å². The number of rotatable bonds is 6. The summed E-state index contributed by atoms with van der Waals surface area (Å²) in [6.07, 6.45) is 1.53. The third-order valence-corrected chi connectivity index (χ3v) is 1.66. The molecule has 0 bridgehead atoms. The van der Waals surface area contributed by atoms with Crippen molar-refractivity contribution in [3.8, 4) is 0 Å². The van der Waals surface area contributed by atoms with Gasteiger partial charge in [-0.15, -0.1) is 0 Å². The molecule has 0 aromatic rings. The van der Waals surface area contributed by atoms with E-state index in [1.807, 2.05) is 6.92 Å². The van der Waals surface area contributed by atoms with Crippen LogP contribution in [0.1, 0.15) is 19.8 Å². The van der Waals surface area contributed by atoms with E-state index in [-0.39, 0.29) is 5.91 Å². The predicted octanol–water partition coefficient (Wildman–Crippen LogP) is -1.10. The normalized spacial score (nSPS) is 11.9. The van der Waals surface area contributed by atoms with E-state index in [2.05, 4.69) is 10.6 Å². The minimum atomic E-state index is -0.600. The lowest BCUT2D eigenvalue weighted by molar-refractivity contribution is -0.122. The molecule has 0 aliphatic rings. The van der Waals surface area contributed by atoms with Gasteiger partial charge >= 0.3 is 6.03 Å². The second-order valence-corrected chi connectivity index (χ2v) is 2.98. The fourth-order valence-electron chi connectivity index (χ4n) is 0.945. The average molecular weight is 202 g/mol. The van der Waals surface area contributed by atoms with Crippen molar-refractivity contribution in [2.75, 3.05) is 13.1 Å². The molecule has 0 aliphatic heterocycles. The number of nitrogens with two attached hydrogens (primary N) is 2. The van der Waals surface area contributed by atoms with E-state index in [1.54, 1.807) is 0 Å². The highest BCUT2D eigenvalue weighted by atomic mass is 16.2. The maximum Gasteiger partial charge on any atom is 0.312 e. The molecule has 0 aromatic heterocycles. The Morgan fingerprint density at radius 2 is 1.86 bits per heavy atom. The lowest BCUT2D eigenvalue weighted by Gasteiger charge is -2.10. The quantitative estimate of drug-likeness (QED) is 0.410. The second kappa shape index (κ2) is 7.14. The number of amides is 3. The van der Waals surface area contributed by atoms with Crippen LogP contribution in [0.2, 0.25) is 0 Å². The highest BCUT2D eigenvalue weighted by molar-refractivity contribution is 5.81. The van der Waals surface area contributed by atoms with Crippen LogP contribution in [0.5, 0.6) is 0 Å². The fraction of sp³-hybridized carbons (Fsp3) is 0.750. The Morgan fingerprint density at radius 3 is 2.36 bits per heavy atom. The Bertz CT molecular complexity index is 196. The first-order valence-electron chi connectivity index (χ1n) is 4.64. The van der Waals surface area contributed by atoms with Crippen molar-refractivity contribution < 1.29 is 9.59 Å². The number of hydrogen-bond donors (Lipinski definition) is 4. The van der Waals surface area contributed by atoms with Crippen molar-refractivity contribution >= 4 is 11.9 Å². The van der Waals surface area contributed by atoms with Gasteiger partial charge in [-0.1, -0.05) is 13.3 Å². The zero-order chi connectivity index (χ0) is 11.0. The second-order valence-electron chi connectivity index (χ2n) is 2.98. The lowest BCUT2D eigenvalue weighted by atomic mass is 10.2. The van der Waals surface area contributed by atoms with E-state index in [4.69, 9.17) is 11.5 Å². The van der Waals surface area contributed by atoms with Gasteiger partial charge in [-0.25, -0.2) is 4.79 Å². The molecule has 6 N–H and O–H groups in total. The van der Waals surface area contributed by atoms with Crippen molar-refractivity contribution in [1.82, 2.24) is 10.6 Å². The Kier molecular flexibility index (Phi) is 6.47. The monoisotopic (exact) mass is 202 g/mol. The van der Waals surface area contributed by atoms with Crippen molar-refractivity contribution in [1.29, 1.82) is 0 Å². The van der Waals surface area contributed by atoms with Crippen LogP contribution in [0.4, 0.5) is 4.79 Å². The first-order valence-corrected chi connectivity index (χ1v) is 4.64. The average Bonchev–Trinajstić information content (AvgIpc) is 2.12. The fourth-order valence-corrected chi connectivity index (χ4v) is 0.945. The summed E-state index contributed by atoms with van der Waals surface area (Å²) in [5, 5.41) is 4.94. The Balaban J connectivity index is 3.48. The summed E-state index contributed by atoms with van der Waals surface area (Å²) < 4.78 is 0. The first kappa shape index (κ1) is 12.7. The Hall–Kier alpha value is -1.30. The molecule has 0 aromatic carbocycles. The van der Waals surface area contributed by atoms with Crippen LogP contribution < -0.4 is 22.1 Å². The number of primary amides is 1. The highest BCUT2D eigenvalue weighted by Gasteiger charge is 2.10. The summed E-state index contributed by atoms with van der Waals surface area (Å²) in [5.74, 6) is -0.196. The van der Waals surface area contributed by atoms with Gasteiger partial charge in [0, 0.05) is 13.1 Å². The summed E-state index contributed by atoms with van der Waals surface area (Å²) in [6, 6.07) is -1.06. The largest absolute Gasteiger partial charge is 0.353 e. The van der Waals surface area contributed by atoms with E-state index >= 15 is 0 Å². The van der Waals surface area contributed by atoms with Crippen LogP contribution in [-0.2, 0) is 4.79 Å². The van der Waals surface area contributed by atoms with E-state index < -0.39 is 12.1 Å². The van der Waals surface area contributed by atoms with Gasteiger partial charge in [0.25, 0.3) is 0 Å². The van der Waals surface area contributed by atoms with Crippen LogP contribution in [-0.4, -0.2) is 31.1 Å². The van der Waals surface area contributed by atoms with Gasteiger partial charge in [-0.05, 0) is 6.42 Å². The number of urea groups is 1. The van der Waals surface area contributed by atoms with Crippen LogP contribution >= 0.6 is 0 Å². The molecule has 0 fully saturated rings. The van der Waals surface area contributed by atoms with Crippen molar-refractivity contribution in [3.63, 3.8) is 0 Å². The van der Waals surface area contributed by atoms with Crippen LogP contribution in [0.15, 0.2) is 0 Å². The summed E-state index contributed by atoms with van der Waals surface area (Å²) in [6.45, 7) is 2.63. The molecule has 0 radical (unpaired) electrons. The molecule has 0 saturated heterocycles. The summed E-state index contributed by atoms with van der Waals surface area (Å²) in [7, 11) is 0. The maximum absolute atomic E-state index is 11.2. The number of carbonyl (C=O) groups is 2. The van der Waals surface area contributed by atoms with Gasteiger partial charge in [0.05, 0.1) is 6.04 Å². The molecule has 0 rings (SSSR count). The molecular weight excluding hydrogens is 184 g/mol. The standard InChI is InChI=1S/C8H18N4O2/c1-2-3-6(9)7(13)11-4-5-12-8(10)14/h6H,2-5,9H2,1H3,(H,11,13)(H3,10,12,14)/t6-/m1/s1. The minimum absolute atomic E-state index is 0.196. The summed E-state index contributed by atoms with van der Waals surface area (Å²) >= 11 is 0. The van der Waals surface area contributed by atoms with Gasteiger partial charge in [0.1, 0.15) is 0 Å². The van der Waals surface area contributed by atoms with Crippen LogP contribution in [0.25, 0.3) is 0 Å². The zero-order valence-corrected chi connectivity index (χ0v) is 8.38. The molecule has 14 heavy (non-hydrogen) atoms. The van der Waals surface area contributed by atoms with Crippen molar-refractivity contribution in [2.45, 2.75) is 25.8 Å². The molecule has 1 atom stereocenters. The molecular formula is C8H18N4O2. The molecule has 0 unspecified atom stereocenters. The Morgan fingerprint density at radius 1 is 1.29 bits per heavy atom. The third kappa shape index (κ3) is 6.24. The van der Waals surface area contributed by atoms with Crippen molar-refractivity contribution in [3.05, 3.63) is 0 Å². The zero-order valence-electron chi connectivity index (χ0n) is 8.38. The van der Waals surface area contributed by atoms with Crippen LogP contribution in [0.3, 0.4) is 0 Å². The first-order chi connectivity index (χ1) is 6.57. The van der Waals surface area contributed by atoms with Gasteiger partial charge in [-0.3, -0.25) is 4.79 Å². The topological polar surface area (TPSA) is 110 Å². The predicted molar refractivity (Wildman–Crippen MR) is 53.5 cm³/mol. The molecule has 0 heterocycles. The molecule has 6 heteroatoms. The van der Waals surface area contributed by atoms with Crippen molar-refractivity contribution in [2.24, 2.45) is 11.5 Å². The number of nitrogens with one attached hydrogen (secondary N) is 2.